The smallest absolute Gasteiger partial charge is 0.317 e. The number of urea groups is 1. The van der Waals surface area contributed by atoms with Gasteiger partial charge in [-0.15, -0.1) is 0 Å². The van der Waals surface area contributed by atoms with E-state index in [-0.39, 0.29) is 17.9 Å². The number of hydrogen-bond donors (Lipinski definition) is 1. The van der Waals surface area contributed by atoms with Crippen LogP contribution in [0.2, 0.25) is 0 Å². The number of piperazine rings is 1. The van der Waals surface area contributed by atoms with E-state index in [0.29, 0.717) is 25.4 Å². The Morgan fingerprint density at radius 1 is 1.19 bits per heavy atom. The maximum Gasteiger partial charge on any atom is 0.317 e. The van der Waals surface area contributed by atoms with Crippen LogP contribution in [-0.4, -0.2) is 84.6 Å². The summed E-state index contributed by atoms with van der Waals surface area (Å²) in [6.45, 7) is 10.2. The molecule has 0 radical (unpaired) electrons. The number of nitrogens with one attached hydrogen (secondary N) is 1. The van der Waals surface area contributed by atoms with Crippen molar-refractivity contribution in [2.45, 2.75) is 58.5 Å². The van der Waals surface area contributed by atoms with Crippen molar-refractivity contribution in [2.24, 2.45) is 0 Å². The van der Waals surface area contributed by atoms with Crippen molar-refractivity contribution in [1.82, 2.24) is 24.9 Å². The van der Waals surface area contributed by atoms with E-state index in [0.717, 1.165) is 75.5 Å². The molecule has 0 spiro atoms. The van der Waals surface area contributed by atoms with Crippen molar-refractivity contribution < 1.29 is 13.9 Å². The van der Waals surface area contributed by atoms with Gasteiger partial charge in [0.05, 0.1) is 24.5 Å². The highest BCUT2D eigenvalue weighted by Crippen LogP contribution is 2.30. The standard InChI is InChI=1S/C27H41FN6O2/c1-4-31-13-15-32(16-14-31)26-25(21(2)30-34(26)24-12-8-9-22(28)19-24)20-33(17-18-36-3)27(35)29-23-10-6-5-7-11-23/h8-9,12,19,23H,4-7,10-11,13-18,20H2,1-3H3,(H,29,35). The molecule has 1 N–H and O–H groups in total. The number of carbonyl (C=O) groups excluding carboxylic acids is 1. The highest BCUT2D eigenvalue weighted by molar-refractivity contribution is 5.75. The zero-order valence-corrected chi connectivity index (χ0v) is 22.0. The molecule has 9 heteroatoms. The first-order valence-corrected chi connectivity index (χ1v) is 13.4. The number of nitrogens with zero attached hydrogens (tertiary/aromatic N) is 5. The molecule has 0 atom stereocenters. The maximum atomic E-state index is 14.2. The second kappa shape index (κ2) is 12.5. The summed E-state index contributed by atoms with van der Waals surface area (Å²) in [6, 6.07) is 6.72. The lowest BCUT2D eigenvalue weighted by Crippen LogP contribution is -2.48. The van der Waals surface area contributed by atoms with Crippen LogP contribution in [0.4, 0.5) is 15.0 Å². The molecule has 36 heavy (non-hydrogen) atoms. The molecule has 1 aromatic carbocycles. The van der Waals surface area contributed by atoms with E-state index < -0.39 is 0 Å². The summed E-state index contributed by atoms with van der Waals surface area (Å²) in [5, 5.41) is 8.11. The van der Waals surface area contributed by atoms with Crippen molar-refractivity contribution in [3.8, 4) is 5.69 Å². The van der Waals surface area contributed by atoms with E-state index in [1.807, 2.05) is 22.6 Å². The number of methoxy groups -OCH3 is 1. The molecule has 198 valence electrons. The van der Waals surface area contributed by atoms with Crippen molar-refractivity contribution in [3.63, 3.8) is 0 Å². The van der Waals surface area contributed by atoms with Gasteiger partial charge >= 0.3 is 6.03 Å². The number of ether oxygens (including phenoxy) is 1. The van der Waals surface area contributed by atoms with Gasteiger partial charge in [0.1, 0.15) is 11.6 Å². The van der Waals surface area contributed by atoms with Gasteiger partial charge in [-0.25, -0.2) is 13.9 Å². The third-order valence-electron chi connectivity index (χ3n) is 7.46. The lowest BCUT2D eigenvalue weighted by atomic mass is 9.96. The van der Waals surface area contributed by atoms with E-state index in [9.17, 15) is 9.18 Å². The van der Waals surface area contributed by atoms with Crippen LogP contribution in [0.25, 0.3) is 5.69 Å². The first-order valence-electron chi connectivity index (χ1n) is 13.4. The predicted octanol–water partition coefficient (Wildman–Crippen LogP) is 3.95. The van der Waals surface area contributed by atoms with E-state index in [2.05, 4.69) is 22.0 Å². The second-order valence-electron chi connectivity index (χ2n) is 9.90. The Bertz CT molecular complexity index is 998. The van der Waals surface area contributed by atoms with Crippen molar-refractivity contribution >= 4 is 11.8 Å². The molecule has 2 heterocycles. The van der Waals surface area contributed by atoms with Gasteiger partial charge in [-0.1, -0.05) is 32.3 Å². The van der Waals surface area contributed by atoms with Crippen LogP contribution in [0.1, 0.15) is 50.3 Å². The third kappa shape index (κ3) is 6.37. The minimum absolute atomic E-state index is 0.0568. The molecule has 1 aliphatic heterocycles. The van der Waals surface area contributed by atoms with Gasteiger partial charge in [-0.2, -0.15) is 5.10 Å². The Labute approximate surface area is 214 Å². The van der Waals surface area contributed by atoms with Crippen LogP contribution >= 0.6 is 0 Å². The Balaban J connectivity index is 1.65. The number of aromatic nitrogens is 2. The number of aryl methyl sites for hydroxylation is 1. The lowest BCUT2D eigenvalue weighted by Gasteiger charge is -2.36. The van der Waals surface area contributed by atoms with Gasteiger partial charge < -0.3 is 24.8 Å². The van der Waals surface area contributed by atoms with Crippen LogP contribution < -0.4 is 10.2 Å². The SMILES string of the molecule is CCN1CCN(c2c(CN(CCOC)C(=O)NC3CCCCC3)c(C)nn2-c2cccc(F)c2)CC1. The van der Waals surface area contributed by atoms with Crippen molar-refractivity contribution in [3.05, 3.63) is 41.3 Å². The summed E-state index contributed by atoms with van der Waals surface area (Å²) in [6.07, 6.45) is 5.64. The van der Waals surface area contributed by atoms with Crippen molar-refractivity contribution in [1.29, 1.82) is 0 Å². The molecule has 2 amide bonds. The molecule has 2 aliphatic rings. The normalized spacial score (nSPS) is 17.4. The molecular formula is C27H41FN6O2. The summed E-state index contributed by atoms with van der Waals surface area (Å²) in [5.41, 5.74) is 2.53. The van der Waals surface area contributed by atoms with E-state index in [4.69, 9.17) is 9.84 Å². The molecule has 1 saturated heterocycles. The zero-order chi connectivity index (χ0) is 25.5. The highest BCUT2D eigenvalue weighted by Gasteiger charge is 2.28. The first kappa shape index (κ1) is 26.4. The van der Waals surface area contributed by atoms with Crippen molar-refractivity contribution in [2.75, 3.05) is 57.9 Å². The molecule has 4 rings (SSSR count). The fourth-order valence-electron chi connectivity index (χ4n) is 5.28. The van der Waals surface area contributed by atoms with E-state index in [1.54, 1.807) is 13.2 Å². The van der Waals surface area contributed by atoms with Crippen LogP contribution in [0.3, 0.4) is 0 Å². The molecule has 0 bridgehead atoms. The predicted molar refractivity (Wildman–Crippen MR) is 140 cm³/mol. The van der Waals surface area contributed by atoms with Gasteiger partial charge in [0, 0.05) is 51.4 Å². The average Bonchev–Trinajstić information content (AvgIpc) is 3.22. The van der Waals surface area contributed by atoms with E-state index in [1.165, 1.54) is 18.6 Å². The van der Waals surface area contributed by atoms with Gasteiger partial charge in [0.15, 0.2) is 0 Å². The van der Waals surface area contributed by atoms with Crippen LogP contribution in [0.15, 0.2) is 24.3 Å². The fraction of sp³-hybridized carbons (Fsp3) is 0.630. The fourth-order valence-corrected chi connectivity index (χ4v) is 5.28. The largest absolute Gasteiger partial charge is 0.383 e. The monoisotopic (exact) mass is 500 g/mol. The number of likely N-dealkylation sites (N-methyl/N-ethyl adjacent to an activating group) is 1. The number of halogens is 1. The van der Waals surface area contributed by atoms with Crippen LogP contribution in [0, 0.1) is 12.7 Å². The number of amides is 2. The Morgan fingerprint density at radius 3 is 2.61 bits per heavy atom. The maximum absolute atomic E-state index is 14.2. The van der Waals surface area contributed by atoms with Gasteiger partial charge in [-0.05, 0) is 44.5 Å². The number of benzene rings is 1. The summed E-state index contributed by atoms with van der Waals surface area (Å²) in [5.74, 6) is 0.652. The zero-order valence-electron chi connectivity index (χ0n) is 22.0. The molecule has 1 saturated carbocycles. The van der Waals surface area contributed by atoms with Gasteiger partial charge in [0.25, 0.3) is 0 Å². The van der Waals surface area contributed by atoms with Crippen LogP contribution in [-0.2, 0) is 11.3 Å². The molecule has 2 aromatic rings. The molecule has 0 unspecified atom stereocenters. The molecule has 2 fully saturated rings. The topological polar surface area (TPSA) is 65.9 Å². The Kier molecular flexibility index (Phi) is 9.20. The minimum Gasteiger partial charge on any atom is -0.383 e. The van der Waals surface area contributed by atoms with Crippen LogP contribution in [0.5, 0.6) is 0 Å². The number of carbonyl (C=O) groups is 1. The molecular weight excluding hydrogens is 459 g/mol. The molecule has 8 nitrogen and oxygen atoms in total. The number of anilines is 1. The molecule has 1 aliphatic carbocycles. The lowest BCUT2D eigenvalue weighted by molar-refractivity contribution is 0.143. The number of rotatable bonds is 9. The summed E-state index contributed by atoms with van der Waals surface area (Å²) in [7, 11) is 1.66. The van der Waals surface area contributed by atoms with Gasteiger partial charge in [0.2, 0.25) is 0 Å². The average molecular weight is 501 g/mol. The third-order valence-corrected chi connectivity index (χ3v) is 7.46. The molecule has 1 aromatic heterocycles. The summed E-state index contributed by atoms with van der Waals surface area (Å²) >= 11 is 0. The first-order chi connectivity index (χ1) is 17.5. The Morgan fingerprint density at radius 2 is 1.94 bits per heavy atom. The second-order valence-corrected chi connectivity index (χ2v) is 9.90. The summed E-state index contributed by atoms with van der Waals surface area (Å²) in [4.78, 5) is 20.0. The number of hydrogen-bond acceptors (Lipinski definition) is 5. The minimum atomic E-state index is -0.294. The Hall–Kier alpha value is -2.65. The van der Waals surface area contributed by atoms with Gasteiger partial charge in [-0.3, -0.25) is 0 Å². The summed E-state index contributed by atoms with van der Waals surface area (Å²) < 4.78 is 21.4. The quantitative estimate of drug-likeness (QED) is 0.565. The highest BCUT2D eigenvalue weighted by atomic mass is 19.1. The van der Waals surface area contributed by atoms with E-state index >= 15 is 0 Å².